The molecule has 0 amide bonds. The first kappa shape index (κ1) is 16.2. The van der Waals surface area contributed by atoms with E-state index >= 15 is 0 Å². The van der Waals surface area contributed by atoms with Gasteiger partial charge in [-0.2, -0.15) is 0 Å². The summed E-state index contributed by atoms with van der Waals surface area (Å²) in [6.07, 6.45) is 4.27. The maximum atomic E-state index is 11.8. The lowest BCUT2D eigenvalue weighted by Crippen LogP contribution is -2.57. The molecule has 1 aromatic rings. The van der Waals surface area contributed by atoms with Crippen LogP contribution in [-0.2, 0) is 6.54 Å². The molecule has 0 aromatic carbocycles. The van der Waals surface area contributed by atoms with Crippen molar-refractivity contribution in [3.8, 4) is 0 Å². The van der Waals surface area contributed by atoms with Gasteiger partial charge in [0.2, 0.25) is 0 Å². The molecule has 0 bridgehead atoms. The van der Waals surface area contributed by atoms with E-state index in [0.29, 0.717) is 18.0 Å². The molecular weight excluding hydrogens is 262 g/mol. The van der Waals surface area contributed by atoms with Crippen LogP contribution in [0, 0.1) is 5.92 Å². The molecular formula is C17H29N3O. The van der Waals surface area contributed by atoms with Gasteiger partial charge in [0.25, 0.3) is 5.56 Å². The van der Waals surface area contributed by atoms with E-state index in [0.717, 1.165) is 32.6 Å². The van der Waals surface area contributed by atoms with Gasteiger partial charge < -0.3 is 9.88 Å². The summed E-state index contributed by atoms with van der Waals surface area (Å²) in [6.45, 7) is 10.7. The van der Waals surface area contributed by atoms with Crippen molar-refractivity contribution < 1.29 is 0 Å². The van der Waals surface area contributed by atoms with Gasteiger partial charge in [0.05, 0.1) is 0 Å². The van der Waals surface area contributed by atoms with Crippen molar-refractivity contribution in [3.05, 3.63) is 34.7 Å². The van der Waals surface area contributed by atoms with Gasteiger partial charge in [0.1, 0.15) is 0 Å². The first-order chi connectivity index (χ1) is 10.1. The molecule has 2 unspecified atom stereocenters. The van der Waals surface area contributed by atoms with E-state index in [4.69, 9.17) is 0 Å². The van der Waals surface area contributed by atoms with Gasteiger partial charge in [-0.25, -0.2) is 0 Å². The molecule has 21 heavy (non-hydrogen) atoms. The summed E-state index contributed by atoms with van der Waals surface area (Å²) in [5.74, 6) is 0.705. The normalized spacial score (nSPS) is 23.6. The summed E-state index contributed by atoms with van der Waals surface area (Å²) >= 11 is 0. The second-order valence-electron chi connectivity index (χ2n) is 6.52. The van der Waals surface area contributed by atoms with Crippen LogP contribution in [0.2, 0.25) is 0 Å². The van der Waals surface area contributed by atoms with Crippen molar-refractivity contribution in [1.29, 1.82) is 0 Å². The van der Waals surface area contributed by atoms with Gasteiger partial charge in [-0.15, -0.1) is 0 Å². The van der Waals surface area contributed by atoms with Crippen molar-refractivity contribution >= 4 is 0 Å². The summed E-state index contributed by atoms with van der Waals surface area (Å²) in [5, 5.41) is 3.65. The largest absolute Gasteiger partial charge is 0.314 e. The highest BCUT2D eigenvalue weighted by molar-refractivity contribution is 4.93. The van der Waals surface area contributed by atoms with Crippen LogP contribution >= 0.6 is 0 Å². The molecule has 0 aliphatic carbocycles. The Morgan fingerprint density at radius 3 is 2.81 bits per heavy atom. The molecule has 1 aliphatic rings. The van der Waals surface area contributed by atoms with Crippen molar-refractivity contribution in [3.63, 3.8) is 0 Å². The molecule has 0 saturated carbocycles. The molecule has 2 heterocycles. The van der Waals surface area contributed by atoms with Crippen molar-refractivity contribution in [1.82, 2.24) is 14.8 Å². The van der Waals surface area contributed by atoms with Gasteiger partial charge in [-0.05, 0) is 24.8 Å². The smallest absolute Gasteiger partial charge is 0.250 e. The molecule has 1 N–H and O–H groups in total. The van der Waals surface area contributed by atoms with E-state index in [-0.39, 0.29) is 5.56 Å². The molecule has 1 saturated heterocycles. The Balaban J connectivity index is 1.98. The van der Waals surface area contributed by atoms with Gasteiger partial charge >= 0.3 is 0 Å². The first-order valence-electron chi connectivity index (χ1n) is 8.23. The van der Waals surface area contributed by atoms with Crippen molar-refractivity contribution in [2.45, 2.75) is 52.2 Å². The summed E-state index contributed by atoms with van der Waals surface area (Å²) in [6, 6.07) is 6.55. The number of hydrogen-bond acceptors (Lipinski definition) is 3. The van der Waals surface area contributed by atoms with Crippen LogP contribution in [0.4, 0.5) is 0 Å². The zero-order valence-corrected chi connectivity index (χ0v) is 13.6. The first-order valence-corrected chi connectivity index (χ1v) is 8.23. The van der Waals surface area contributed by atoms with Crippen molar-refractivity contribution in [2.24, 2.45) is 5.92 Å². The van der Waals surface area contributed by atoms with Gasteiger partial charge in [-0.1, -0.05) is 26.8 Å². The predicted molar refractivity (Wildman–Crippen MR) is 87.6 cm³/mol. The van der Waals surface area contributed by atoms with Crippen molar-refractivity contribution in [2.75, 3.05) is 19.6 Å². The summed E-state index contributed by atoms with van der Waals surface area (Å²) < 4.78 is 1.81. The average Bonchev–Trinajstić information content (AvgIpc) is 2.47. The summed E-state index contributed by atoms with van der Waals surface area (Å²) in [7, 11) is 0. The summed E-state index contributed by atoms with van der Waals surface area (Å²) in [4.78, 5) is 14.4. The molecule has 1 aromatic heterocycles. The fourth-order valence-corrected chi connectivity index (χ4v) is 3.13. The maximum absolute atomic E-state index is 11.8. The second-order valence-corrected chi connectivity index (χ2v) is 6.52. The third kappa shape index (κ3) is 4.68. The Labute approximate surface area is 128 Å². The van der Waals surface area contributed by atoms with E-state index in [1.165, 1.54) is 6.42 Å². The molecule has 4 nitrogen and oxygen atoms in total. The molecule has 118 valence electrons. The predicted octanol–water partition coefficient (Wildman–Crippen LogP) is 1.95. The second kappa shape index (κ2) is 7.76. The fourth-order valence-electron chi connectivity index (χ4n) is 3.13. The standard InChI is InChI=1S/C17H29N3O/c1-4-15-13-20(16(12-18-15)11-14(2)3)10-9-19-8-6-5-7-17(19)21/h5-8,14-16,18H,4,9-13H2,1-3H3. The number of aromatic nitrogens is 1. The topological polar surface area (TPSA) is 37.3 Å². The zero-order chi connectivity index (χ0) is 15.2. The monoisotopic (exact) mass is 291 g/mol. The highest BCUT2D eigenvalue weighted by atomic mass is 16.1. The van der Waals surface area contributed by atoms with E-state index in [1.807, 2.05) is 16.8 Å². The lowest BCUT2D eigenvalue weighted by molar-refractivity contribution is 0.108. The minimum Gasteiger partial charge on any atom is -0.314 e. The molecule has 1 fully saturated rings. The van der Waals surface area contributed by atoms with Crippen LogP contribution in [0.5, 0.6) is 0 Å². The van der Waals surface area contributed by atoms with Crippen LogP contribution in [0.3, 0.4) is 0 Å². The summed E-state index contributed by atoms with van der Waals surface area (Å²) in [5.41, 5.74) is 0.0973. The number of nitrogens with one attached hydrogen (secondary N) is 1. The van der Waals surface area contributed by atoms with Crippen LogP contribution in [-0.4, -0.2) is 41.2 Å². The minimum atomic E-state index is 0.0973. The highest BCUT2D eigenvalue weighted by Gasteiger charge is 2.27. The molecule has 0 radical (unpaired) electrons. The maximum Gasteiger partial charge on any atom is 0.250 e. The molecule has 4 heteroatoms. The molecule has 2 atom stereocenters. The zero-order valence-electron chi connectivity index (χ0n) is 13.6. The fraction of sp³-hybridized carbons (Fsp3) is 0.706. The number of rotatable bonds is 6. The molecule has 2 rings (SSSR count). The number of hydrogen-bond donors (Lipinski definition) is 1. The third-order valence-electron chi connectivity index (χ3n) is 4.38. The lowest BCUT2D eigenvalue weighted by Gasteiger charge is -2.41. The third-order valence-corrected chi connectivity index (χ3v) is 4.38. The van der Waals surface area contributed by atoms with Gasteiger partial charge in [0.15, 0.2) is 0 Å². The Kier molecular flexibility index (Phi) is 6.00. The van der Waals surface area contributed by atoms with E-state index in [2.05, 4.69) is 31.0 Å². The molecule has 1 aliphatic heterocycles. The minimum absolute atomic E-state index is 0.0973. The SMILES string of the molecule is CCC1CN(CCn2ccccc2=O)C(CC(C)C)CN1. The highest BCUT2D eigenvalue weighted by Crippen LogP contribution is 2.16. The quantitative estimate of drug-likeness (QED) is 0.870. The Morgan fingerprint density at radius 1 is 1.33 bits per heavy atom. The van der Waals surface area contributed by atoms with E-state index in [9.17, 15) is 4.79 Å². The molecule has 0 spiro atoms. The number of pyridine rings is 1. The van der Waals surface area contributed by atoms with E-state index in [1.54, 1.807) is 12.1 Å². The van der Waals surface area contributed by atoms with Crippen LogP contribution < -0.4 is 10.9 Å². The van der Waals surface area contributed by atoms with Gasteiger partial charge in [0, 0.05) is 50.5 Å². The lowest BCUT2D eigenvalue weighted by atomic mass is 9.98. The Morgan fingerprint density at radius 2 is 2.14 bits per heavy atom. The van der Waals surface area contributed by atoms with E-state index < -0.39 is 0 Å². The van der Waals surface area contributed by atoms with Gasteiger partial charge in [-0.3, -0.25) is 9.69 Å². The Hall–Kier alpha value is -1.13. The average molecular weight is 291 g/mol. The number of piperazine rings is 1. The van der Waals surface area contributed by atoms with Crippen LogP contribution in [0.15, 0.2) is 29.2 Å². The Bertz CT molecular complexity index is 483. The number of nitrogens with zero attached hydrogens (tertiary/aromatic N) is 2. The van der Waals surface area contributed by atoms with Crippen LogP contribution in [0.25, 0.3) is 0 Å². The van der Waals surface area contributed by atoms with Crippen LogP contribution in [0.1, 0.15) is 33.6 Å².